The Morgan fingerprint density at radius 2 is 2.11 bits per heavy atom. The second kappa shape index (κ2) is 9.23. The lowest BCUT2D eigenvalue weighted by molar-refractivity contribution is 0.104. The molecule has 2 N–H and O–H groups in total. The van der Waals surface area contributed by atoms with Crippen LogP contribution in [-0.2, 0) is 0 Å². The first-order valence-electron chi connectivity index (χ1n) is 6.76. The summed E-state index contributed by atoms with van der Waals surface area (Å²) in [6.45, 7) is 5.06. The number of aryl methyl sites for hydroxylation is 1. The lowest BCUT2D eigenvalue weighted by Crippen LogP contribution is -2.39. The van der Waals surface area contributed by atoms with Crippen LogP contribution in [0.2, 0.25) is 0 Å². The summed E-state index contributed by atoms with van der Waals surface area (Å²) >= 11 is 1.82. The number of nitrogens with one attached hydrogen (secondary N) is 1. The summed E-state index contributed by atoms with van der Waals surface area (Å²) in [5.41, 5.74) is 1.09. The molecule has 0 spiro atoms. The molecule has 0 aromatic heterocycles. The van der Waals surface area contributed by atoms with Gasteiger partial charge in [0.1, 0.15) is 18.5 Å². The van der Waals surface area contributed by atoms with Crippen LogP contribution in [0, 0.1) is 6.92 Å². The van der Waals surface area contributed by atoms with Crippen LogP contribution in [0.15, 0.2) is 24.3 Å². The van der Waals surface area contributed by atoms with Crippen molar-refractivity contribution in [1.29, 1.82) is 0 Å². The van der Waals surface area contributed by atoms with Gasteiger partial charge in [0.25, 0.3) is 0 Å². The van der Waals surface area contributed by atoms with Gasteiger partial charge in [-0.2, -0.15) is 11.8 Å². The first kappa shape index (κ1) is 16.3. The molecule has 2 atom stereocenters. The molecule has 1 aromatic rings. The zero-order valence-corrected chi connectivity index (χ0v) is 12.9. The first-order valence-corrected chi connectivity index (χ1v) is 8.15. The lowest BCUT2D eigenvalue weighted by Gasteiger charge is -2.19. The Bertz CT molecular complexity index is 360. The van der Waals surface area contributed by atoms with Gasteiger partial charge < -0.3 is 15.2 Å². The van der Waals surface area contributed by atoms with E-state index in [1.807, 2.05) is 43.0 Å². The van der Waals surface area contributed by atoms with Crippen LogP contribution in [0.5, 0.6) is 5.75 Å². The van der Waals surface area contributed by atoms with Crippen molar-refractivity contribution in [3.8, 4) is 5.75 Å². The molecule has 19 heavy (non-hydrogen) atoms. The average Bonchev–Trinajstić information content (AvgIpc) is 2.42. The van der Waals surface area contributed by atoms with Crippen molar-refractivity contribution in [1.82, 2.24) is 5.32 Å². The Hall–Kier alpha value is -0.710. The standard InChI is InChI=1S/C15H25NO2S/c1-4-13(11-19-3)16-9-14(17)10-18-15-8-6-5-7-12(15)2/h5-8,13-14,16-17H,4,9-11H2,1-3H3. The van der Waals surface area contributed by atoms with E-state index in [4.69, 9.17) is 4.74 Å². The fraction of sp³-hybridized carbons (Fsp3) is 0.600. The Balaban J connectivity index is 2.28. The fourth-order valence-electron chi connectivity index (χ4n) is 1.79. The SMILES string of the molecule is CCC(CSC)NCC(O)COc1ccccc1C. The van der Waals surface area contributed by atoms with Gasteiger partial charge in [-0.3, -0.25) is 0 Å². The third kappa shape index (κ3) is 6.32. The van der Waals surface area contributed by atoms with Crippen LogP contribution in [0.25, 0.3) is 0 Å². The highest BCUT2D eigenvalue weighted by molar-refractivity contribution is 7.98. The highest BCUT2D eigenvalue weighted by atomic mass is 32.2. The van der Waals surface area contributed by atoms with Crippen LogP contribution in [-0.4, -0.2) is 42.4 Å². The molecule has 0 aliphatic heterocycles. The van der Waals surface area contributed by atoms with Crippen molar-refractivity contribution in [2.24, 2.45) is 0 Å². The molecule has 108 valence electrons. The third-order valence-corrected chi connectivity index (χ3v) is 3.76. The maximum absolute atomic E-state index is 9.92. The zero-order chi connectivity index (χ0) is 14.1. The maximum atomic E-state index is 9.92. The minimum Gasteiger partial charge on any atom is -0.491 e. The number of hydrogen-bond donors (Lipinski definition) is 2. The minimum absolute atomic E-state index is 0.327. The second-order valence-electron chi connectivity index (χ2n) is 4.70. The minimum atomic E-state index is -0.476. The predicted molar refractivity (Wildman–Crippen MR) is 83.1 cm³/mol. The van der Waals surface area contributed by atoms with Gasteiger partial charge in [-0.25, -0.2) is 0 Å². The van der Waals surface area contributed by atoms with Crippen molar-refractivity contribution < 1.29 is 9.84 Å². The van der Waals surface area contributed by atoms with Gasteiger partial charge in [-0.05, 0) is 31.2 Å². The van der Waals surface area contributed by atoms with Crippen LogP contribution in [0.3, 0.4) is 0 Å². The molecule has 0 saturated heterocycles. The largest absolute Gasteiger partial charge is 0.491 e. The number of benzene rings is 1. The average molecular weight is 283 g/mol. The summed E-state index contributed by atoms with van der Waals surface area (Å²) in [5.74, 6) is 1.92. The van der Waals surface area contributed by atoms with E-state index in [0.717, 1.165) is 23.5 Å². The van der Waals surface area contributed by atoms with Crippen molar-refractivity contribution in [3.63, 3.8) is 0 Å². The third-order valence-electron chi connectivity index (χ3n) is 3.03. The number of aliphatic hydroxyl groups excluding tert-OH is 1. The smallest absolute Gasteiger partial charge is 0.122 e. The topological polar surface area (TPSA) is 41.5 Å². The Morgan fingerprint density at radius 3 is 2.74 bits per heavy atom. The molecule has 0 aliphatic carbocycles. The molecule has 1 aromatic carbocycles. The molecule has 4 heteroatoms. The normalized spacial score (nSPS) is 14.1. The van der Waals surface area contributed by atoms with E-state index in [1.165, 1.54) is 0 Å². The number of para-hydroxylation sites is 1. The van der Waals surface area contributed by atoms with E-state index < -0.39 is 6.10 Å². The molecule has 0 aliphatic rings. The molecular weight excluding hydrogens is 258 g/mol. The summed E-state index contributed by atoms with van der Waals surface area (Å²) in [6.07, 6.45) is 2.70. The van der Waals surface area contributed by atoms with Gasteiger partial charge in [0.15, 0.2) is 0 Å². The van der Waals surface area contributed by atoms with E-state index in [9.17, 15) is 5.11 Å². The van der Waals surface area contributed by atoms with Crippen molar-refractivity contribution >= 4 is 11.8 Å². The monoisotopic (exact) mass is 283 g/mol. The molecule has 0 fully saturated rings. The highest BCUT2D eigenvalue weighted by Crippen LogP contribution is 2.16. The predicted octanol–water partition coefficient (Wildman–Crippen LogP) is 2.47. The van der Waals surface area contributed by atoms with Crippen LogP contribution < -0.4 is 10.1 Å². The maximum Gasteiger partial charge on any atom is 0.122 e. The summed E-state index contributed by atoms with van der Waals surface area (Å²) in [4.78, 5) is 0. The molecular formula is C15H25NO2S. The molecule has 0 radical (unpaired) electrons. The summed E-state index contributed by atoms with van der Waals surface area (Å²) in [7, 11) is 0. The quantitative estimate of drug-likeness (QED) is 0.730. The van der Waals surface area contributed by atoms with E-state index in [0.29, 0.717) is 19.2 Å². The van der Waals surface area contributed by atoms with Gasteiger partial charge in [0, 0.05) is 18.3 Å². The molecule has 0 bridgehead atoms. The van der Waals surface area contributed by atoms with E-state index in [2.05, 4.69) is 18.5 Å². The summed E-state index contributed by atoms with van der Waals surface area (Å²) in [6, 6.07) is 8.32. The Kier molecular flexibility index (Phi) is 7.94. The van der Waals surface area contributed by atoms with Crippen LogP contribution in [0.1, 0.15) is 18.9 Å². The number of hydrogen-bond acceptors (Lipinski definition) is 4. The van der Waals surface area contributed by atoms with Gasteiger partial charge in [-0.15, -0.1) is 0 Å². The molecule has 0 saturated carbocycles. The fourth-order valence-corrected chi connectivity index (χ4v) is 2.54. The number of thioether (sulfide) groups is 1. The van der Waals surface area contributed by atoms with E-state index >= 15 is 0 Å². The van der Waals surface area contributed by atoms with Crippen molar-refractivity contribution in [2.75, 3.05) is 25.2 Å². The zero-order valence-electron chi connectivity index (χ0n) is 12.1. The van der Waals surface area contributed by atoms with Crippen LogP contribution >= 0.6 is 11.8 Å². The molecule has 0 heterocycles. The molecule has 1 rings (SSSR count). The molecule has 3 nitrogen and oxygen atoms in total. The van der Waals surface area contributed by atoms with E-state index in [-0.39, 0.29) is 0 Å². The Morgan fingerprint density at radius 1 is 1.37 bits per heavy atom. The van der Waals surface area contributed by atoms with Gasteiger partial charge >= 0.3 is 0 Å². The number of rotatable bonds is 9. The van der Waals surface area contributed by atoms with Gasteiger partial charge in [0.05, 0.1) is 0 Å². The van der Waals surface area contributed by atoms with Gasteiger partial charge in [-0.1, -0.05) is 25.1 Å². The highest BCUT2D eigenvalue weighted by Gasteiger charge is 2.10. The summed E-state index contributed by atoms with van der Waals surface area (Å²) in [5, 5.41) is 13.3. The lowest BCUT2D eigenvalue weighted by atomic mass is 10.2. The number of aliphatic hydroxyl groups is 1. The summed E-state index contributed by atoms with van der Waals surface area (Å²) < 4.78 is 5.63. The second-order valence-corrected chi connectivity index (χ2v) is 5.61. The van der Waals surface area contributed by atoms with E-state index in [1.54, 1.807) is 0 Å². The molecule has 2 unspecified atom stereocenters. The Labute approximate surface area is 120 Å². The van der Waals surface area contributed by atoms with Gasteiger partial charge in [0.2, 0.25) is 0 Å². The first-order chi connectivity index (χ1) is 9.17. The van der Waals surface area contributed by atoms with Crippen LogP contribution in [0.4, 0.5) is 0 Å². The van der Waals surface area contributed by atoms with Crippen molar-refractivity contribution in [3.05, 3.63) is 29.8 Å². The van der Waals surface area contributed by atoms with Crippen molar-refractivity contribution in [2.45, 2.75) is 32.4 Å². The molecule has 0 amide bonds. The number of ether oxygens (including phenoxy) is 1.